The molecule has 0 spiro atoms. The molecule has 132 valence electrons. The molecule has 0 aliphatic heterocycles. The number of hydrogen-bond donors (Lipinski definition) is 1. The van der Waals surface area contributed by atoms with E-state index in [1.807, 2.05) is 31.2 Å². The normalized spacial score (nSPS) is 11.0. The number of hydrazone groups is 1. The van der Waals surface area contributed by atoms with Gasteiger partial charge in [0, 0.05) is 22.0 Å². The second kappa shape index (κ2) is 7.97. The molecule has 0 bridgehead atoms. The van der Waals surface area contributed by atoms with Crippen molar-refractivity contribution in [3.8, 4) is 5.75 Å². The molecule has 7 heteroatoms. The van der Waals surface area contributed by atoms with Crippen molar-refractivity contribution in [1.82, 2.24) is 5.43 Å². The Morgan fingerprint density at radius 2 is 2.00 bits per heavy atom. The van der Waals surface area contributed by atoms with Gasteiger partial charge in [0.15, 0.2) is 6.61 Å². The lowest BCUT2D eigenvalue weighted by Gasteiger charge is -2.06. The standard InChI is InChI=1S/C19H15BrN2O4/c1-12-8-19(24)26-17-9-15(6-7-16(12)17)25-11-18(23)22-21-10-13-2-4-14(20)5-3-13/h2-10H,11H2,1H3,(H,22,23). The third-order valence-electron chi connectivity index (χ3n) is 3.57. The van der Waals surface area contributed by atoms with Crippen molar-refractivity contribution in [2.75, 3.05) is 6.61 Å². The van der Waals surface area contributed by atoms with Crippen LogP contribution in [0.15, 0.2) is 67.3 Å². The van der Waals surface area contributed by atoms with Crippen LogP contribution in [0.1, 0.15) is 11.1 Å². The van der Waals surface area contributed by atoms with Crippen LogP contribution in [0.5, 0.6) is 5.75 Å². The summed E-state index contributed by atoms with van der Waals surface area (Å²) < 4.78 is 11.5. The maximum atomic E-state index is 11.8. The van der Waals surface area contributed by atoms with Crippen LogP contribution < -0.4 is 15.8 Å². The number of ether oxygens (including phenoxy) is 1. The number of nitrogens with zero attached hydrogens (tertiary/aromatic N) is 1. The lowest BCUT2D eigenvalue weighted by Crippen LogP contribution is -2.24. The Labute approximate surface area is 157 Å². The van der Waals surface area contributed by atoms with E-state index in [4.69, 9.17) is 9.15 Å². The Hall–Kier alpha value is -2.93. The van der Waals surface area contributed by atoms with Crippen LogP contribution in [0.4, 0.5) is 0 Å². The molecule has 3 aromatic rings. The summed E-state index contributed by atoms with van der Waals surface area (Å²) in [5.74, 6) is 0.0300. The first-order valence-electron chi connectivity index (χ1n) is 7.76. The fourth-order valence-electron chi connectivity index (χ4n) is 2.30. The van der Waals surface area contributed by atoms with Crippen LogP contribution in [-0.2, 0) is 4.79 Å². The molecule has 6 nitrogen and oxygen atoms in total. The van der Waals surface area contributed by atoms with Crippen molar-refractivity contribution in [3.05, 3.63) is 74.6 Å². The number of carbonyl (C=O) groups excluding carboxylic acids is 1. The molecule has 1 N–H and O–H groups in total. The van der Waals surface area contributed by atoms with Gasteiger partial charge in [-0.25, -0.2) is 10.2 Å². The molecule has 0 unspecified atom stereocenters. The molecule has 1 heterocycles. The zero-order chi connectivity index (χ0) is 18.5. The van der Waals surface area contributed by atoms with Crippen molar-refractivity contribution in [1.29, 1.82) is 0 Å². The first-order valence-corrected chi connectivity index (χ1v) is 8.55. The molecule has 1 amide bonds. The van der Waals surface area contributed by atoms with E-state index >= 15 is 0 Å². The van der Waals surface area contributed by atoms with Gasteiger partial charge in [-0.15, -0.1) is 0 Å². The number of nitrogens with one attached hydrogen (secondary N) is 1. The summed E-state index contributed by atoms with van der Waals surface area (Å²) in [4.78, 5) is 23.2. The summed E-state index contributed by atoms with van der Waals surface area (Å²) in [5, 5.41) is 4.70. The largest absolute Gasteiger partial charge is 0.484 e. The number of rotatable bonds is 5. The molecule has 0 saturated heterocycles. The molecule has 0 radical (unpaired) electrons. The first kappa shape index (κ1) is 17.9. The van der Waals surface area contributed by atoms with E-state index in [-0.39, 0.29) is 6.61 Å². The maximum Gasteiger partial charge on any atom is 0.336 e. The lowest BCUT2D eigenvalue weighted by molar-refractivity contribution is -0.123. The minimum atomic E-state index is -0.424. The van der Waals surface area contributed by atoms with Crippen LogP contribution >= 0.6 is 15.9 Å². The minimum absolute atomic E-state index is 0.209. The second-order valence-corrected chi connectivity index (χ2v) is 6.46. The van der Waals surface area contributed by atoms with Crippen molar-refractivity contribution in [2.45, 2.75) is 6.92 Å². The number of fused-ring (bicyclic) bond motifs is 1. The molecule has 0 aliphatic carbocycles. The molecule has 3 rings (SSSR count). The molecule has 2 aromatic carbocycles. The molecule has 0 aliphatic rings. The van der Waals surface area contributed by atoms with Gasteiger partial charge >= 0.3 is 5.63 Å². The Morgan fingerprint density at radius 3 is 2.77 bits per heavy atom. The Kier molecular flexibility index (Phi) is 5.48. The predicted octanol–water partition coefficient (Wildman–Crippen LogP) is 3.39. The van der Waals surface area contributed by atoms with Gasteiger partial charge < -0.3 is 9.15 Å². The molecule has 1 aromatic heterocycles. The van der Waals surface area contributed by atoms with Gasteiger partial charge in [0.25, 0.3) is 5.91 Å². The van der Waals surface area contributed by atoms with Crippen molar-refractivity contribution in [3.63, 3.8) is 0 Å². The Morgan fingerprint density at radius 1 is 1.23 bits per heavy atom. The molecule has 0 atom stereocenters. The number of benzene rings is 2. The maximum absolute atomic E-state index is 11.8. The topological polar surface area (TPSA) is 80.9 Å². The SMILES string of the molecule is Cc1cc(=O)oc2cc(OCC(=O)NN=Cc3ccc(Br)cc3)ccc12. The van der Waals surface area contributed by atoms with E-state index < -0.39 is 11.5 Å². The van der Waals surface area contributed by atoms with E-state index in [1.165, 1.54) is 12.3 Å². The lowest BCUT2D eigenvalue weighted by atomic mass is 10.1. The number of hydrogen-bond acceptors (Lipinski definition) is 5. The summed E-state index contributed by atoms with van der Waals surface area (Å²) in [5.41, 5.74) is 4.06. The van der Waals surface area contributed by atoms with Gasteiger partial charge in [0.1, 0.15) is 11.3 Å². The quantitative estimate of drug-likeness (QED) is 0.394. The van der Waals surface area contributed by atoms with Crippen molar-refractivity contribution < 1.29 is 13.9 Å². The Bertz CT molecular complexity index is 1030. The van der Waals surface area contributed by atoms with Gasteiger partial charge in [-0.2, -0.15) is 5.10 Å². The number of aryl methyl sites for hydroxylation is 1. The number of amides is 1. The minimum Gasteiger partial charge on any atom is -0.484 e. The smallest absolute Gasteiger partial charge is 0.336 e. The summed E-state index contributed by atoms with van der Waals surface area (Å²) in [7, 11) is 0. The third kappa shape index (κ3) is 4.58. The highest BCUT2D eigenvalue weighted by molar-refractivity contribution is 9.10. The number of carbonyl (C=O) groups is 1. The zero-order valence-corrected chi connectivity index (χ0v) is 15.4. The molecular formula is C19H15BrN2O4. The summed E-state index contributed by atoms with van der Waals surface area (Å²) in [6.07, 6.45) is 1.54. The fourth-order valence-corrected chi connectivity index (χ4v) is 2.57. The van der Waals surface area contributed by atoms with Crippen molar-refractivity contribution >= 4 is 39.0 Å². The average molecular weight is 415 g/mol. The predicted molar refractivity (Wildman–Crippen MR) is 103 cm³/mol. The van der Waals surface area contributed by atoms with E-state index in [0.717, 1.165) is 21.0 Å². The van der Waals surface area contributed by atoms with Crippen LogP contribution in [-0.4, -0.2) is 18.7 Å². The highest BCUT2D eigenvalue weighted by Gasteiger charge is 2.06. The zero-order valence-electron chi connectivity index (χ0n) is 13.9. The Balaban J connectivity index is 1.58. The van der Waals surface area contributed by atoms with E-state index in [2.05, 4.69) is 26.5 Å². The summed E-state index contributed by atoms with van der Waals surface area (Å²) in [6.45, 7) is 1.62. The molecule has 0 saturated carbocycles. The van der Waals surface area contributed by atoms with Gasteiger partial charge in [-0.1, -0.05) is 28.1 Å². The van der Waals surface area contributed by atoms with Gasteiger partial charge in [0.05, 0.1) is 6.21 Å². The molecule has 0 fully saturated rings. The molecule has 26 heavy (non-hydrogen) atoms. The van der Waals surface area contributed by atoms with E-state index in [1.54, 1.807) is 18.2 Å². The van der Waals surface area contributed by atoms with Crippen LogP contribution in [0, 0.1) is 6.92 Å². The first-order chi connectivity index (χ1) is 12.5. The summed E-state index contributed by atoms with van der Waals surface area (Å²) in [6, 6.07) is 14.0. The van der Waals surface area contributed by atoms with Gasteiger partial charge in [-0.05, 0) is 42.3 Å². The van der Waals surface area contributed by atoms with E-state index in [9.17, 15) is 9.59 Å². The number of halogens is 1. The second-order valence-electron chi connectivity index (χ2n) is 5.54. The summed E-state index contributed by atoms with van der Waals surface area (Å²) >= 11 is 3.35. The van der Waals surface area contributed by atoms with Crippen molar-refractivity contribution in [2.24, 2.45) is 5.10 Å². The van der Waals surface area contributed by atoms with Gasteiger partial charge in [-0.3, -0.25) is 4.79 Å². The van der Waals surface area contributed by atoms with E-state index in [0.29, 0.717) is 11.3 Å². The fraction of sp³-hybridized carbons (Fsp3) is 0.105. The highest BCUT2D eigenvalue weighted by Crippen LogP contribution is 2.22. The van der Waals surface area contributed by atoms with Crippen LogP contribution in [0.3, 0.4) is 0 Å². The third-order valence-corrected chi connectivity index (χ3v) is 4.09. The molecular weight excluding hydrogens is 400 g/mol. The van der Waals surface area contributed by atoms with Gasteiger partial charge in [0.2, 0.25) is 0 Å². The average Bonchev–Trinajstić information content (AvgIpc) is 2.61. The van der Waals surface area contributed by atoms with Crippen LogP contribution in [0.2, 0.25) is 0 Å². The highest BCUT2D eigenvalue weighted by atomic mass is 79.9. The van der Waals surface area contributed by atoms with Crippen LogP contribution in [0.25, 0.3) is 11.0 Å². The monoisotopic (exact) mass is 414 g/mol.